The average molecular weight is 425 g/mol. The number of nitrogens with two attached hydrogens (primary N) is 1. The summed E-state index contributed by atoms with van der Waals surface area (Å²) in [6.07, 6.45) is 2.61. The molecule has 1 saturated heterocycles. The highest BCUT2D eigenvalue weighted by Crippen LogP contribution is 2.36. The number of rotatable bonds is 6. The molecule has 1 amide bonds. The summed E-state index contributed by atoms with van der Waals surface area (Å²) in [7, 11) is 0. The lowest BCUT2D eigenvalue weighted by atomic mass is 9.90. The van der Waals surface area contributed by atoms with Crippen molar-refractivity contribution in [3.05, 3.63) is 95.1 Å². The van der Waals surface area contributed by atoms with Crippen molar-refractivity contribution in [2.24, 2.45) is 4.99 Å². The number of fused-ring (bicyclic) bond motifs is 1. The van der Waals surface area contributed by atoms with E-state index in [-0.39, 0.29) is 5.91 Å². The van der Waals surface area contributed by atoms with E-state index in [0.29, 0.717) is 12.2 Å². The molecule has 32 heavy (non-hydrogen) atoms. The van der Waals surface area contributed by atoms with Crippen LogP contribution in [0.3, 0.4) is 0 Å². The summed E-state index contributed by atoms with van der Waals surface area (Å²) >= 11 is 0. The van der Waals surface area contributed by atoms with Crippen molar-refractivity contribution in [2.75, 3.05) is 24.1 Å². The lowest BCUT2D eigenvalue weighted by Crippen LogP contribution is -2.22. The molecule has 5 nitrogen and oxygen atoms in total. The van der Waals surface area contributed by atoms with Crippen molar-refractivity contribution in [3.8, 4) is 0 Å². The summed E-state index contributed by atoms with van der Waals surface area (Å²) in [6.45, 7) is 3.94. The van der Waals surface area contributed by atoms with E-state index < -0.39 is 5.92 Å². The van der Waals surface area contributed by atoms with Gasteiger partial charge in [0, 0.05) is 17.9 Å². The number of anilines is 2. The molecular weight excluding hydrogens is 396 g/mol. The number of carbonyl (C=O) groups excluding carboxylic acids is 1. The van der Waals surface area contributed by atoms with Crippen LogP contribution in [0.5, 0.6) is 0 Å². The second-order valence-electron chi connectivity index (χ2n) is 8.64. The molecule has 3 aromatic rings. The van der Waals surface area contributed by atoms with Crippen LogP contribution in [0.4, 0.5) is 11.4 Å². The van der Waals surface area contributed by atoms with E-state index in [2.05, 4.69) is 34.5 Å². The number of nitrogen functional groups attached to an aromatic ring is 1. The number of carbonyl (C=O) groups is 1. The molecule has 2 aliphatic rings. The molecule has 1 unspecified atom stereocenters. The number of nitrogens with zero attached hydrogens (tertiary/aromatic N) is 2. The van der Waals surface area contributed by atoms with Gasteiger partial charge >= 0.3 is 0 Å². The molecule has 0 radical (unpaired) electrons. The Labute approximate surface area is 189 Å². The maximum Gasteiger partial charge on any atom is 0.238 e. The highest BCUT2D eigenvalue weighted by molar-refractivity contribution is 6.23. The minimum atomic E-state index is -0.442. The maximum absolute atomic E-state index is 12.9. The molecule has 3 N–H and O–H groups in total. The normalized spacial score (nSPS) is 18.6. The summed E-state index contributed by atoms with van der Waals surface area (Å²) in [5.41, 5.74) is 12.5. The fraction of sp³-hybridized carbons (Fsp3) is 0.259. The predicted molar refractivity (Wildman–Crippen MR) is 130 cm³/mol. The van der Waals surface area contributed by atoms with Crippen LogP contribution in [-0.2, 0) is 17.9 Å². The van der Waals surface area contributed by atoms with Gasteiger partial charge in [-0.15, -0.1) is 0 Å². The number of nitrogens with one attached hydrogen (secondary N) is 1. The topological polar surface area (TPSA) is 70.7 Å². The van der Waals surface area contributed by atoms with E-state index in [0.717, 1.165) is 34.6 Å². The van der Waals surface area contributed by atoms with Crippen molar-refractivity contribution < 1.29 is 4.79 Å². The van der Waals surface area contributed by atoms with Crippen LogP contribution in [0.1, 0.15) is 41.0 Å². The molecule has 1 fully saturated rings. The molecule has 0 spiro atoms. The zero-order chi connectivity index (χ0) is 21.9. The van der Waals surface area contributed by atoms with E-state index in [1.165, 1.54) is 31.5 Å². The van der Waals surface area contributed by atoms with Crippen LogP contribution in [-0.4, -0.2) is 29.6 Å². The van der Waals surface area contributed by atoms with Crippen molar-refractivity contribution in [3.63, 3.8) is 0 Å². The molecule has 162 valence electrons. The molecule has 2 heterocycles. The van der Waals surface area contributed by atoms with E-state index >= 15 is 0 Å². The Kier molecular flexibility index (Phi) is 5.73. The highest BCUT2D eigenvalue weighted by Gasteiger charge is 2.35. The number of likely N-dealkylation sites (tertiary alicyclic amines) is 1. The number of hydrogen-bond donors (Lipinski definition) is 2. The van der Waals surface area contributed by atoms with Gasteiger partial charge in [0.25, 0.3) is 0 Å². The Morgan fingerprint density at radius 3 is 2.44 bits per heavy atom. The minimum absolute atomic E-state index is 0.0610. The molecule has 1 atom stereocenters. The molecule has 5 rings (SSSR count). The summed E-state index contributed by atoms with van der Waals surface area (Å²) in [5.74, 6) is -0.503. The van der Waals surface area contributed by atoms with Gasteiger partial charge in [-0.05, 0) is 60.3 Å². The first-order chi connectivity index (χ1) is 15.7. The number of amides is 1. The van der Waals surface area contributed by atoms with Crippen LogP contribution >= 0.6 is 0 Å². The minimum Gasteiger partial charge on any atom is -0.399 e. The fourth-order valence-electron chi connectivity index (χ4n) is 4.64. The van der Waals surface area contributed by atoms with Gasteiger partial charge in [-0.1, -0.05) is 60.7 Å². The standard InChI is InChI=1S/C27H28N4O/c28-22-12-13-23-24(16-22)30-27(32)25(23)26(21-6-2-1-3-7-21)29-17-19-8-10-20(11-9-19)18-31-14-4-5-15-31/h1-3,6-13,16,25H,4-5,14-15,17-18,28H2,(H,30,32). The van der Waals surface area contributed by atoms with Crippen LogP contribution in [0.2, 0.25) is 0 Å². The lowest BCUT2D eigenvalue weighted by molar-refractivity contribution is -0.115. The fourth-order valence-corrected chi connectivity index (χ4v) is 4.64. The van der Waals surface area contributed by atoms with Gasteiger partial charge in [0.15, 0.2) is 0 Å². The first-order valence-electron chi connectivity index (χ1n) is 11.3. The van der Waals surface area contributed by atoms with Crippen molar-refractivity contribution in [2.45, 2.75) is 31.8 Å². The van der Waals surface area contributed by atoms with E-state index in [4.69, 9.17) is 10.7 Å². The molecule has 2 aliphatic heterocycles. The largest absolute Gasteiger partial charge is 0.399 e. The third-order valence-electron chi connectivity index (χ3n) is 6.31. The van der Waals surface area contributed by atoms with Gasteiger partial charge < -0.3 is 11.1 Å². The summed E-state index contributed by atoms with van der Waals surface area (Å²) in [6, 6.07) is 24.3. The summed E-state index contributed by atoms with van der Waals surface area (Å²) in [4.78, 5) is 20.4. The Bertz CT molecular complexity index is 1130. The SMILES string of the molecule is Nc1ccc2c(c1)NC(=O)C2C(=NCc1ccc(CN2CCCC2)cc1)c1ccccc1. The highest BCUT2D eigenvalue weighted by atomic mass is 16.2. The zero-order valence-electron chi connectivity index (χ0n) is 18.1. The van der Waals surface area contributed by atoms with Crippen LogP contribution in [0, 0.1) is 0 Å². The van der Waals surface area contributed by atoms with Crippen molar-refractivity contribution in [1.29, 1.82) is 0 Å². The average Bonchev–Trinajstić information content (AvgIpc) is 3.43. The smallest absolute Gasteiger partial charge is 0.238 e. The molecule has 0 saturated carbocycles. The first-order valence-corrected chi connectivity index (χ1v) is 11.3. The molecule has 5 heteroatoms. The van der Waals surface area contributed by atoms with Gasteiger partial charge in [-0.2, -0.15) is 0 Å². The number of aliphatic imine (C=N–C) groups is 1. The van der Waals surface area contributed by atoms with Gasteiger partial charge in [-0.3, -0.25) is 14.7 Å². The van der Waals surface area contributed by atoms with Gasteiger partial charge in [-0.25, -0.2) is 0 Å². The number of benzene rings is 3. The van der Waals surface area contributed by atoms with E-state index in [1.807, 2.05) is 48.5 Å². The van der Waals surface area contributed by atoms with Crippen LogP contribution in [0.15, 0.2) is 77.8 Å². The maximum atomic E-state index is 12.9. The lowest BCUT2D eigenvalue weighted by Gasteiger charge is -2.15. The zero-order valence-corrected chi connectivity index (χ0v) is 18.1. The monoisotopic (exact) mass is 424 g/mol. The van der Waals surface area contributed by atoms with E-state index in [9.17, 15) is 4.79 Å². The van der Waals surface area contributed by atoms with Crippen LogP contribution in [0.25, 0.3) is 0 Å². The Morgan fingerprint density at radius 1 is 0.969 bits per heavy atom. The second kappa shape index (κ2) is 8.97. The Balaban J connectivity index is 1.41. The quantitative estimate of drug-likeness (QED) is 0.449. The third kappa shape index (κ3) is 4.30. The van der Waals surface area contributed by atoms with Crippen molar-refractivity contribution in [1.82, 2.24) is 4.90 Å². The summed E-state index contributed by atoms with van der Waals surface area (Å²) < 4.78 is 0. The predicted octanol–water partition coefficient (Wildman–Crippen LogP) is 4.59. The molecule has 0 aliphatic carbocycles. The Morgan fingerprint density at radius 2 is 1.69 bits per heavy atom. The molecule has 0 aromatic heterocycles. The first kappa shape index (κ1) is 20.5. The Hall–Kier alpha value is -3.44. The molecule has 3 aromatic carbocycles. The molecule has 0 bridgehead atoms. The van der Waals surface area contributed by atoms with Crippen molar-refractivity contribution >= 4 is 23.0 Å². The van der Waals surface area contributed by atoms with Gasteiger partial charge in [0.05, 0.1) is 12.3 Å². The third-order valence-corrected chi connectivity index (χ3v) is 6.31. The second-order valence-corrected chi connectivity index (χ2v) is 8.64. The van der Waals surface area contributed by atoms with Gasteiger partial charge in [0.1, 0.15) is 5.92 Å². The van der Waals surface area contributed by atoms with Gasteiger partial charge in [0.2, 0.25) is 5.91 Å². The van der Waals surface area contributed by atoms with E-state index in [1.54, 1.807) is 0 Å². The summed E-state index contributed by atoms with van der Waals surface area (Å²) in [5, 5.41) is 2.97. The number of hydrogen-bond acceptors (Lipinski definition) is 4. The molecular formula is C27H28N4O. The van der Waals surface area contributed by atoms with Crippen LogP contribution < -0.4 is 11.1 Å².